The fraction of sp³-hybridized carbons (Fsp3) is 0. The smallest absolute Gasteiger partial charge is 0 e. The Morgan fingerprint density at radius 1 is 1.00 bits per heavy atom. The van der Waals surface area contributed by atoms with Gasteiger partial charge in [0.15, 0.2) is 0 Å². The molecule has 0 saturated carbocycles. The van der Waals surface area contributed by atoms with Crippen molar-refractivity contribution in [1.82, 2.24) is 0 Å². The van der Waals surface area contributed by atoms with Crippen LogP contribution in [0.3, 0.4) is 0 Å². The minimum Gasteiger partial charge on any atom is 0 e. The Labute approximate surface area is 95.4 Å². The Morgan fingerprint density at radius 3 is 1.00 bits per heavy atom. The summed E-state index contributed by atoms with van der Waals surface area (Å²) in [5.74, 6) is 0. The molecule has 0 heterocycles. The Kier molecular flexibility index (Phi) is 29.0. The molecule has 0 amide bonds. The molecule has 0 aromatic heterocycles. The van der Waals surface area contributed by atoms with Crippen molar-refractivity contribution in [3.05, 3.63) is 0 Å². The standard InChI is InChI=1S/3FH.Li.Lu.Pr.H/h3*1H;;;;/q;;;;+3;;/p-3. The molecule has 0 unspecified atom stereocenters. The molecule has 0 atom stereocenters. The predicted molar refractivity (Wildman–Crippen MR) is 10.5 cm³/mol. The quantitative estimate of drug-likeness (QED) is 0.540. The maximum absolute atomic E-state index is 9.78. The summed E-state index contributed by atoms with van der Waals surface area (Å²) in [5.41, 5.74) is 0. The van der Waals surface area contributed by atoms with Crippen molar-refractivity contribution in [2.75, 3.05) is 0 Å². The zero-order chi connectivity index (χ0) is 3.58. The molecule has 0 spiro atoms. The van der Waals surface area contributed by atoms with Gasteiger partial charge in [-0.3, -0.25) is 0 Å². The van der Waals surface area contributed by atoms with E-state index in [1.807, 2.05) is 0 Å². The molecule has 0 aromatic rings. The Bertz CT molecular complexity index is 15.5. The third-order valence-electron chi connectivity index (χ3n) is 0. The molecule has 0 aliphatic carbocycles. The monoisotopic (exact) mass is 381 g/mol. The van der Waals surface area contributed by atoms with Crippen molar-refractivity contribution in [3.8, 4) is 0 Å². The Balaban J connectivity index is -0.0000000450. The maximum Gasteiger partial charge on any atom is 0 e. The topological polar surface area (TPSA) is 0 Å². The summed E-state index contributed by atoms with van der Waals surface area (Å²) in [7, 11) is 0. The third kappa shape index (κ3) is 28.1. The molecule has 0 aromatic carbocycles. The van der Waals surface area contributed by atoms with Crippen molar-refractivity contribution in [1.29, 1.82) is 0 Å². The molecular formula is HF3LiLuPr. The number of halogens is 3. The summed E-state index contributed by atoms with van der Waals surface area (Å²) < 4.78 is 29.3. The van der Waals surface area contributed by atoms with Crippen LogP contribution in [0, 0.1) is 74.7 Å². The fourth-order valence-electron chi connectivity index (χ4n) is 0. The summed E-state index contributed by atoms with van der Waals surface area (Å²) >= 11 is -4.44. The Hall–Kier alpha value is 2.98. The molecule has 0 saturated heterocycles. The van der Waals surface area contributed by atoms with Gasteiger partial charge < -0.3 is 0 Å². The molecule has 0 bridgehead atoms. The van der Waals surface area contributed by atoms with Crippen LogP contribution in [-0.2, 0) is 0 Å². The summed E-state index contributed by atoms with van der Waals surface area (Å²) in [6.45, 7) is 0. The van der Waals surface area contributed by atoms with Gasteiger partial charge in [0.05, 0.1) is 0 Å². The van der Waals surface area contributed by atoms with Gasteiger partial charge in [0.25, 0.3) is 0 Å². The largest absolute Gasteiger partial charge is 0 e. The minimum atomic E-state index is -4.44. The van der Waals surface area contributed by atoms with Gasteiger partial charge >= 0.3 is 56.7 Å². The van der Waals surface area contributed by atoms with Crippen LogP contribution < -0.4 is 0 Å². The van der Waals surface area contributed by atoms with Crippen LogP contribution >= 0.6 is 0 Å². The van der Waals surface area contributed by atoms with E-state index in [1.165, 1.54) is 0 Å². The molecule has 0 aliphatic heterocycles. The molecule has 6 heteroatoms. The van der Waals surface area contributed by atoms with Gasteiger partial charge in [-0.05, 0) is 0 Å². The second kappa shape index (κ2) is 10.9. The Morgan fingerprint density at radius 2 is 1.00 bits per heavy atom. The van der Waals surface area contributed by atoms with E-state index in [9.17, 15) is 4.39 Å². The first-order valence-corrected chi connectivity index (χ1v) is 2.17. The van der Waals surface area contributed by atoms with Crippen molar-refractivity contribution in [2.24, 2.45) is 0 Å². The normalized spacial score (nSPS) is 7.50. The van der Waals surface area contributed by atoms with E-state index < -0.39 is 33.4 Å². The summed E-state index contributed by atoms with van der Waals surface area (Å²) in [6.07, 6.45) is 0. The van der Waals surface area contributed by atoms with Crippen molar-refractivity contribution in [2.45, 2.75) is 0 Å². The molecule has 1 radical (unpaired) electrons. The summed E-state index contributed by atoms with van der Waals surface area (Å²) in [5, 5.41) is 0. The second-order valence-corrected chi connectivity index (χ2v) is 0.821. The van der Waals surface area contributed by atoms with Crippen molar-refractivity contribution < 1.29 is 79.1 Å². The maximum atomic E-state index is 9.78. The van der Waals surface area contributed by atoms with Crippen molar-refractivity contribution in [3.63, 3.8) is 0 Å². The van der Waals surface area contributed by atoms with E-state index in [2.05, 4.69) is 0 Å². The van der Waals surface area contributed by atoms with Gasteiger partial charge in [-0.15, -0.1) is 0 Å². The minimum absolute atomic E-state index is 0. The first kappa shape index (κ1) is 16.0. The van der Waals surface area contributed by atoms with Crippen molar-refractivity contribution >= 4 is 18.9 Å². The van der Waals surface area contributed by atoms with Gasteiger partial charge in [0.1, 0.15) is 0 Å². The molecule has 41 valence electrons. The molecule has 6 heavy (non-hydrogen) atoms. The van der Waals surface area contributed by atoms with E-state index in [0.717, 1.165) is 0 Å². The first-order chi connectivity index (χ1) is 1.73. The molecular weight excluding hydrogens is 380 g/mol. The van der Waals surface area contributed by atoms with Crippen LogP contribution in [0.2, 0.25) is 0 Å². The van der Waals surface area contributed by atoms with Gasteiger partial charge in [0, 0.05) is 41.3 Å². The van der Waals surface area contributed by atoms with Crippen LogP contribution in [-0.4, -0.2) is 18.9 Å². The molecule has 0 nitrogen and oxygen atoms in total. The third-order valence-corrected chi connectivity index (χ3v) is 0. The number of hydrogen-bond donors (Lipinski definition) is 0. The SMILES string of the molecule is [F][Lu]([F])[F].[LiH].[Pr]. The number of rotatable bonds is 0. The van der Waals surface area contributed by atoms with E-state index in [0.29, 0.717) is 0 Å². The fourth-order valence-corrected chi connectivity index (χ4v) is 0. The van der Waals surface area contributed by atoms with Crippen LogP contribution in [0.1, 0.15) is 0 Å². The summed E-state index contributed by atoms with van der Waals surface area (Å²) in [4.78, 5) is 0. The molecule has 0 aliphatic rings. The molecule has 0 N–H and O–H groups in total. The van der Waals surface area contributed by atoms with Crippen LogP contribution in [0.15, 0.2) is 0 Å². The van der Waals surface area contributed by atoms with E-state index in [4.69, 9.17) is 0 Å². The van der Waals surface area contributed by atoms with E-state index in [1.54, 1.807) is 0 Å². The van der Waals surface area contributed by atoms with Crippen LogP contribution in [0.5, 0.6) is 0 Å². The van der Waals surface area contributed by atoms with E-state index in [-0.39, 0.29) is 60.2 Å². The zero-order valence-electron chi connectivity index (χ0n) is 1.97. The van der Waals surface area contributed by atoms with Crippen LogP contribution in [0.25, 0.3) is 0 Å². The van der Waals surface area contributed by atoms with Crippen LogP contribution in [0.4, 0.5) is 4.39 Å². The first-order valence-electron chi connectivity index (χ1n) is 0.293. The van der Waals surface area contributed by atoms with E-state index >= 15 is 0 Å². The second-order valence-electron chi connectivity index (χ2n) is 0.111. The van der Waals surface area contributed by atoms with Gasteiger partial charge in [0.2, 0.25) is 0 Å². The molecule has 0 fully saturated rings. The molecule has 0 rings (SSSR count). The average Bonchev–Trinajstić information content (AvgIpc) is 0.811. The van der Waals surface area contributed by atoms with Gasteiger partial charge in [-0.25, -0.2) is 0 Å². The van der Waals surface area contributed by atoms with Gasteiger partial charge in [-0.1, -0.05) is 0 Å². The zero-order valence-corrected chi connectivity index (χ0v) is 7.33. The van der Waals surface area contributed by atoms with Gasteiger partial charge in [-0.2, -0.15) is 0 Å². The summed E-state index contributed by atoms with van der Waals surface area (Å²) in [6, 6.07) is 0. The predicted octanol–water partition coefficient (Wildman–Crippen LogP) is 0.612. The number of hydrogen-bond acceptors (Lipinski definition) is 0. The average molecular weight is 381 g/mol.